The Kier molecular flexibility index (Phi) is 14.9. The molecule has 0 spiro atoms. The second kappa shape index (κ2) is 21.3. The lowest BCUT2D eigenvalue weighted by Crippen LogP contribution is -2.70. The maximum atomic E-state index is 14.8. The van der Waals surface area contributed by atoms with Gasteiger partial charge in [-0.3, -0.25) is 4.90 Å². The summed E-state index contributed by atoms with van der Waals surface area (Å²) in [6, 6.07) is 35.5. The third kappa shape index (κ3) is 9.83. The second-order valence-corrected chi connectivity index (χ2v) is 17.1. The number of hydrogen-bond acceptors (Lipinski definition) is 9. The van der Waals surface area contributed by atoms with Gasteiger partial charge in [0, 0.05) is 36.7 Å². The Labute approximate surface area is 380 Å². The number of aliphatic hydroxyl groups is 2. The van der Waals surface area contributed by atoms with Crippen molar-refractivity contribution in [3.8, 4) is 11.5 Å². The standard InChI is InChI=1S/C54H59FN2O8/c1-3-30-63-54-50(57(53(60)61-2)34-40-22-15-21-38-18-7-9-23-43(38)40)33-48(56-64-35-37-16-5-4-6-17-37)45-31-39(19-11-13-28-58)44(24-12-14-29-59)51(52(45)54)46-32-42(26-27-49(46)65-54)62-36-41-20-8-10-25-47(41)55/h3-10,15-18,20-23,25-27,31-32,39,44,50-52,58-59H,1,11-14,19,24,28-30,33-36H2,2H3/t39-,44+,50-,51+,52+,54+/m0/s1. The van der Waals surface area contributed by atoms with Crippen molar-refractivity contribution in [1.29, 1.82) is 0 Å². The number of fused-ring (bicyclic) bond motifs is 3. The summed E-state index contributed by atoms with van der Waals surface area (Å²) in [5, 5.41) is 27.0. The number of amides is 1. The molecule has 0 unspecified atom stereocenters. The highest BCUT2D eigenvalue weighted by Crippen LogP contribution is 2.62. The van der Waals surface area contributed by atoms with Crippen LogP contribution in [0.5, 0.6) is 11.5 Å². The van der Waals surface area contributed by atoms with E-state index in [2.05, 4.69) is 30.9 Å². The van der Waals surface area contributed by atoms with Gasteiger partial charge in [0.15, 0.2) is 0 Å². The van der Waals surface area contributed by atoms with E-state index in [1.807, 2.05) is 72.8 Å². The second-order valence-electron chi connectivity index (χ2n) is 17.1. The zero-order valence-electron chi connectivity index (χ0n) is 37.0. The highest BCUT2D eigenvalue weighted by Gasteiger charge is 2.65. The molecular weight excluding hydrogens is 824 g/mol. The molecule has 1 amide bonds. The van der Waals surface area contributed by atoms with Gasteiger partial charge in [-0.1, -0.05) is 121 Å². The third-order valence-corrected chi connectivity index (χ3v) is 13.3. The first kappa shape index (κ1) is 45.6. The van der Waals surface area contributed by atoms with E-state index in [9.17, 15) is 19.4 Å². The molecule has 65 heavy (non-hydrogen) atoms. The Morgan fingerprint density at radius 1 is 0.892 bits per heavy atom. The zero-order valence-corrected chi connectivity index (χ0v) is 37.0. The van der Waals surface area contributed by atoms with Crippen molar-refractivity contribution in [3.05, 3.63) is 168 Å². The van der Waals surface area contributed by atoms with Gasteiger partial charge in [0.05, 0.1) is 31.9 Å². The van der Waals surface area contributed by atoms with Gasteiger partial charge in [-0.05, 0) is 89.3 Å². The lowest BCUT2D eigenvalue weighted by molar-refractivity contribution is -0.256. The first-order chi connectivity index (χ1) is 31.9. The monoisotopic (exact) mass is 882 g/mol. The smallest absolute Gasteiger partial charge is 0.410 e. The Bertz CT molecular complexity index is 2470. The fraction of sp³-hybridized carbons (Fsp3) is 0.370. The highest BCUT2D eigenvalue weighted by molar-refractivity contribution is 6.03. The Morgan fingerprint density at radius 3 is 2.42 bits per heavy atom. The van der Waals surface area contributed by atoms with Crippen LogP contribution in [0.1, 0.15) is 73.1 Å². The van der Waals surface area contributed by atoms with Crippen molar-refractivity contribution >= 4 is 22.6 Å². The van der Waals surface area contributed by atoms with Crippen LogP contribution in [0.15, 0.2) is 145 Å². The summed E-state index contributed by atoms with van der Waals surface area (Å²) in [6.07, 6.45) is 8.08. The quantitative estimate of drug-likeness (QED) is 0.0451. The van der Waals surface area contributed by atoms with Gasteiger partial charge in [0.1, 0.15) is 36.6 Å². The van der Waals surface area contributed by atoms with E-state index in [0.717, 1.165) is 58.7 Å². The van der Waals surface area contributed by atoms with Gasteiger partial charge < -0.3 is 34.0 Å². The average Bonchev–Trinajstić information content (AvgIpc) is 3.33. The van der Waals surface area contributed by atoms with Crippen molar-refractivity contribution in [2.75, 3.05) is 26.9 Å². The minimum Gasteiger partial charge on any atom is -0.489 e. The number of aliphatic hydroxyl groups excluding tert-OH is 2. The molecule has 0 radical (unpaired) electrons. The Morgan fingerprint density at radius 2 is 1.63 bits per heavy atom. The number of allylic oxidation sites excluding steroid dienone is 1. The summed E-state index contributed by atoms with van der Waals surface area (Å²) < 4.78 is 41.4. The number of methoxy groups -OCH3 is 1. The molecule has 2 aliphatic carbocycles. The molecule has 0 aromatic heterocycles. The fourth-order valence-electron chi connectivity index (χ4n) is 10.3. The van der Waals surface area contributed by atoms with Crippen LogP contribution in [0.3, 0.4) is 0 Å². The number of rotatable bonds is 20. The summed E-state index contributed by atoms with van der Waals surface area (Å²) in [7, 11) is 1.39. The molecule has 3 aliphatic rings. The molecule has 8 rings (SSSR count). The first-order valence-corrected chi connectivity index (χ1v) is 22.8. The summed E-state index contributed by atoms with van der Waals surface area (Å²) in [6.45, 7) is 4.76. The van der Waals surface area contributed by atoms with E-state index >= 15 is 0 Å². The van der Waals surface area contributed by atoms with E-state index in [1.165, 1.54) is 13.2 Å². The number of oxime groups is 1. The highest BCUT2D eigenvalue weighted by atomic mass is 19.1. The topological polar surface area (TPSA) is 119 Å². The molecule has 340 valence electrons. The SMILES string of the molecule is C=CCO[C@@]12Oc3ccc(OCc4ccccc4F)cc3[C@H]3[C@H](CCCCO)[C@@H](CCCCO)C=C(C(=NOCc4ccccc4)C[C@@H]1N(Cc1cccc4ccccc14)C(=O)OC)[C@H]32. The molecule has 1 heterocycles. The van der Waals surface area contributed by atoms with Crippen LogP contribution < -0.4 is 9.47 Å². The summed E-state index contributed by atoms with van der Waals surface area (Å²) in [5.74, 6) is -1.49. The summed E-state index contributed by atoms with van der Waals surface area (Å²) in [5.41, 5.74) is 4.80. The van der Waals surface area contributed by atoms with E-state index in [0.29, 0.717) is 35.6 Å². The normalized spacial score (nSPS) is 22.6. The lowest BCUT2D eigenvalue weighted by atomic mass is 9.55. The van der Waals surface area contributed by atoms with Crippen molar-refractivity contribution in [1.82, 2.24) is 4.90 Å². The predicted octanol–water partition coefficient (Wildman–Crippen LogP) is 10.7. The first-order valence-electron chi connectivity index (χ1n) is 22.8. The van der Waals surface area contributed by atoms with Crippen LogP contribution in [0, 0.1) is 23.6 Å². The minimum atomic E-state index is -1.49. The number of unbranched alkanes of at least 4 members (excludes halogenated alkanes) is 2. The van der Waals surface area contributed by atoms with Crippen molar-refractivity contribution < 1.29 is 43.2 Å². The van der Waals surface area contributed by atoms with Gasteiger partial charge in [0.25, 0.3) is 0 Å². The molecule has 1 fully saturated rings. The average molecular weight is 883 g/mol. The summed E-state index contributed by atoms with van der Waals surface area (Å²) in [4.78, 5) is 22.5. The number of halogens is 1. The van der Waals surface area contributed by atoms with Crippen LogP contribution in [0.25, 0.3) is 10.8 Å². The van der Waals surface area contributed by atoms with E-state index < -0.39 is 23.8 Å². The molecule has 1 aliphatic heterocycles. The predicted molar refractivity (Wildman–Crippen MR) is 249 cm³/mol. The van der Waals surface area contributed by atoms with Gasteiger partial charge in [-0.25, -0.2) is 9.18 Å². The van der Waals surface area contributed by atoms with Gasteiger partial charge in [-0.15, -0.1) is 6.58 Å². The maximum absolute atomic E-state index is 14.8. The molecule has 2 N–H and O–H groups in total. The molecule has 0 saturated heterocycles. The van der Waals surface area contributed by atoms with Crippen molar-refractivity contribution in [2.45, 2.75) is 82.5 Å². The number of ether oxygens (including phenoxy) is 4. The van der Waals surface area contributed by atoms with Crippen LogP contribution in [0.2, 0.25) is 0 Å². The Balaban J connectivity index is 1.33. The van der Waals surface area contributed by atoms with Gasteiger partial charge >= 0.3 is 6.09 Å². The molecule has 11 heteroatoms. The maximum Gasteiger partial charge on any atom is 0.410 e. The van der Waals surface area contributed by atoms with E-state index in [4.69, 9.17) is 28.9 Å². The van der Waals surface area contributed by atoms with Crippen LogP contribution >= 0.6 is 0 Å². The zero-order chi connectivity index (χ0) is 45.2. The number of carbonyl (C=O) groups excluding carboxylic acids is 1. The number of benzene rings is 5. The minimum absolute atomic E-state index is 0.0000440. The van der Waals surface area contributed by atoms with E-state index in [1.54, 1.807) is 29.2 Å². The number of hydrogen-bond donors (Lipinski definition) is 2. The molecule has 10 nitrogen and oxygen atoms in total. The molecule has 5 aromatic carbocycles. The molecule has 5 aromatic rings. The van der Waals surface area contributed by atoms with Crippen molar-refractivity contribution in [2.24, 2.45) is 22.9 Å². The largest absolute Gasteiger partial charge is 0.489 e. The van der Waals surface area contributed by atoms with Crippen LogP contribution in [-0.4, -0.2) is 65.7 Å². The van der Waals surface area contributed by atoms with E-state index in [-0.39, 0.29) is 69.6 Å². The van der Waals surface area contributed by atoms with Gasteiger partial charge in [0.2, 0.25) is 5.79 Å². The van der Waals surface area contributed by atoms with Crippen LogP contribution in [0.4, 0.5) is 9.18 Å². The molecule has 1 saturated carbocycles. The lowest BCUT2D eigenvalue weighted by Gasteiger charge is -2.59. The third-order valence-electron chi connectivity index (χ3n) is 13.3. The molecule has 0 bridgehead atoms. The molecular formula is C54H59FN2O8. The van der Waals surface area contributed by atoms with Crippen LogP contribution in [-0.2, 0) is 34.1 Å². The molecule has 6 atom stereocenters. The number of nitrogens with zero attached hydrogens (tertiary/aromatic N) is 2. The summed E-state index contributed by atoms with van der Waals surface area (Å²) >= 11 is 0. The van der Waals surface area contributed by atoms with Gasteiger partial charge in [-0.2, -0.15) is 0 Å². The Hall–Kier alpha value is -6.01. The fourth-order valence-corrected chi connectivity index (χ4v) is 10.3. The number of carbonyl (C=O) groups is 1. The van der Waals surface area contributed by atoms with Crippen molar-refractivity contribution in [3.63, 3.8) is 0 Å².